The van der Waals surface area contributed by atoms with Crippen LogP contribution in [0.5, 0.6) is 0 Å². The van der Waals surface area contributed by atoms with E-state index in [1.165, 1.54) is 17.8 Å². The molecule has 2 aliphatic rings. The molecule has 4 nitrogen and oxygen atoms in total. The predicted octanol–water partition coefficient (Wildman–Crippen LogP) is 3.08. The Labute approximate surface area is 148 Å². The second kappa shape index (κ2) is 9.71. The Balaban J connectivity index is 0.00000121. The Morgan fingerprint density at radius 1 is 1.41 bits per heavy atom. The van der Waals surface area contributed by atoms with Gasteiger partial charge >= 0.3 is 0 Å². The zero-order valence-electron chi connectivity index (χ0n) is 12.7. The summed E-state index contributed by atoms with van der Waals surface area (Å²) in [7, 11) is 0. The van der Waals surface area contributed by atoms with E-state index in [0.717, 1.165) is 45.4 Å². The zero-order chi connectivity index (χ0) is 13.8. The average molecular weight is 366 g/mol. The monoisotopic (exact) mass is 365 g/mol. The van der Waals surface area contributed by atoms with Gasteiger partial charge in [-0.25, -0.2) is 4.98 Å². The van der Waals surface area contributed by atoms with Gasteiger partial charge in [-0.15, -0.1) is 36.2 Å². The lowest BCUT2D eigenvalue weighted by Gasteiger charge is -2.32. The molecule has 0 radical (unpaired) electrons. The van der Waals surface area contributed by atoms with Gasteiger partial charge in [-0.2, -0.15) is 0 Å². The van der Waals surface area contributed by atoms with Gasteiger partial charge in [-0.1, -0.05) is 0 Å². The van der Waals surface area contributed by atoms with Gasteiger partial charge in [0.15, 0.2) is 0 Å². The molecule has 1 aromatic heterocycles. The standard InChI is InChI=1S/C15H23N3OS.2ClH/c19-14(4-3-12-5-6-16-10-12)18-8-1-2-13(11-18)15-17-7-9-20-15;;/h7,9,12-13,16H,1-6,8,10-11H2;2*1H. The van der Waals surface area contributed by atoms with E-state index in [4.69, 9.17) is 0 Å². The molecule has 22 heavy (non-hydrogen) atoms. The highest BCUT2D eigenvalue weighted by atomic mass is 35.5. The lowest BCUT2D eigenvalue weighted by Crippen LogP contribution is -2.39. The summed E-state index contributed by atoms with van der Waals surface area (Å²) in [5, 5.41) is 6.60. The largest absolute Gasteiger partial charge is 0.342 e. The minimum absolute atomic E-state index is 0. The number of nitrogens with one attached hydrogen (secondary N) is 1. The van der Waals surface area contributed by atoms with Gasteiger partial charge in [0.05, 0.1) is 5.01 Å². The third-order valence-electron chi connectivity index (χ3n) is 4.50. The number of aromatic nitrogens is 1. The number of piperidine rings is 1. The molecule has 3 rings (SSSR count). The smallest absolute Gasteiger partial charge is 0.222 e. The van der Waals surface area contributed by atoms with Crippen molar-refractivity contribution in [3.8, 4) is 0 Å². The Morgan fingerprint density at radius 2 is 2.27 bits per heavy atom. The lowest BCUT2D eigenvalue weighted by molar-refractivity contribution is -0.132. The van der Waals surface area contributed by atoms with Crippen LogP contribution in [0.3, 0.4) is 0 Å². The van der Waals surface area contributed by atoms with Crippen molar-refractivity contribution in [2.24, 2.45) is 5.92 Å². The molecular weight excluding hydrogens is 341 g/mol. The number of amides is 1. The van der Waals surface area contributed by atoms with Crippen molar-refractivity contribution in [3.05, 3.63) is 16.6 Å². The molecule has 1 aromatic rings. The van der Waals surface area contributed by atoms with Crippen LogP contribution in [0.2, 0.25) is 0 Å². The van der Waals surface area contributed by atoms with Crippen LogP contribution in [-0.2, 0) is 4.79 Å². The third kappa shape index (κ3) is 5.08. The molecule has 7 heteroatoms. The number of likely N-dealkylation sites (tertiary alicyclic amines) is 1. The van der Waals surface area contributed by atoms with E-state index in [0.29, 0.717) is 17.7 Å². The number of rotatable bonds is 4. The Bertz CT molecular complexity index is 438. The fourth-order valence-electron chi connectivity index (χ4n) is 3.29. The zero-order valence-corrected chi connectivity index (χ0v) is 15.2. The molecule has 2 atom stereocenters. The molecule has 0 aromatic carbocycles. The van der Waals surface area contributed by atoms with Crippen molar-refractivity contribution in [1.29, 1.82) is 0 Å². The molecule has 0 bridgehead atoms. The highest BCUT2D eigenvalue weighted by Crippen LogP contribution is 2.28. The first-order chi connectivity index (χ1) is 9.83. The molecule has 1 N–H and O–H groups in total. The van der Waals surface area contributed by atoms with Gasteiger partial charge in [-0.05, 0) is 44.7 Å². The fourth-order valence-corrected chi connectivity index (χ4v) is 4.06. The maximum Gasteiger partial charge on any atom is 0.222 e. The number of thiazole rings is 1. The van der Waals surface area contributed by atoms with E-state index in [1.807, 2.05) is 11.6 Å². The van der Waals surface area contributed by atoms with Crippen LogP contribution in [0, 0.1) is 5.92 Å². The third-order valence-corrected chi connectivity index (χ3v) is 5.44. The number of halogens is 2. The van der Waals surface area contributed by atoms with E-state index in [-0.39, 0.29) is 24.8 Å². The molecule has 3 heterocycles. The molecule has 2 aliphatic heterocycles. The molecule has 2 unspecified atom stereocenters. The molecule has 0 saturated carbocycles. The summed E-state index contributed by atoms with van der Waals surface area (Å²) < 4.78 is 0. The van der Waals surface area contributed by atoms with Crippen LogP contribution in [-0.4, -0.2) is 42.0 Å². The lowest BCUT2D eigenvalue weighted by atomic mass is 9.97. The van der Waals surface area contributed by atoms with Crippen LogP contribution in [0.1, 0.15) is 43.0 Å². The van der Waals surface area contributed by atoms with Crippen molar-refractivity contribution in [3.63, 3.8) is 0 Å². The van der Waals surface area contributed by atoms with Crippen LogP contribution in [0.4, 0.5) is 0 Å². The van der Waals surface area contributed by atoms with Crippen molar-refractivity contribution >= 4 is 42.1 Å². The summed E-state index contributed by atoms with van der Waals surface area (Å²) in [4.78, 5) is 18.8. The van der Waals surface area contributed by atoms with Crippen molar-refractivity contribution in [2.75, 3.05) is 26.2 Å². The van der Waals surface area contributed by atoms with Gasteiger partial charge in [0.2, 0.25) is 5.91 Å². The maximum absolute atomic E-state index is 12.4. The van der Waals surface area contributed by atoms with Gasteiger partial charge in [0.25, 0.3) is 0 Å². The van der Waals surface area contributed by atoms with Crippen LogP contribution in [0.15, 0.2) is 11.6 Å². The summed E-state index contributed by atoms with van der Waals surface area (Å²) in [6.45, 7) is 4.02. The summed E-state index contributed by atoms with van der Waals surface area (Å²) in [6.07, 6.45) is 7.15. The van der Waals surface area contributed by atoms with E-state index in [2.05, 4.69) is 15.2 Å². The topological polar surface area (TPSA) is 45.2 Å². The molecule has 0 aliphatic carbocycles. The minimum Gasteiger partial charge on any atom is -0.342 e. The maximum atomic E-state index is 12.4. The summed E-state index contributed by atoms with van der Waals surface area (Å²) in [6, 6.07) is 0. The van der Waals surface area contributed by atoms with Gasteiger partial charge in [0.1, 0.15) is 0 Å². The van der Waals surface area contributed by atoms with Crippen LogP contribution >= 0.6 is 36.2 Å². The molecule has 2 fully saturated rings. The summed E-state index contributed by atoms with van der Waals surface area (Å²) in [5.74, 6) is 1.51. The number of hydrogen-bond acceptors (Lipinski definition) is 4. The first-order valence-corrected chi connectivity index (χ1v) is 8.59. The fraction of sp³-hybridized carbons (Fsp3) is 0.733. The second-order valence-electron chi connectivity index (χ2n) is 5.95. The number of carbonyl (C=O) groups excluding carboxylic acids is 1. The van der Waals surface area contributed by atoms with Crippen molar-refractivity contribution < 1.29 is 4.79 Å². The van der Waals surface area contributed by atoms with E-state index in [9.17, 15) is 4.79 Å². The van der Waals surface area contributed by atoms with Gasteiger partial charge < -0.3 is 10.2 Å². The van der Waals surface area contributed by atoms with E-state index in [1.54, 1.807) is 11.3 Å². The van der Waals surface area contributed by atoms with Crippen molar-refractivity contribution in [1.82, 2.24) is 15.2 Å². The van der Waals surface area contributed by atoms with Crippen LogP contribution < -0.4 is 5.32 Å². The summed E-state index contributed by atoms with van der Waals surface area (Å²) in [5.41, 5.74) is 0. The molecule has 2 saturated heterocycles. The highest BCUT2D eigenvalue weighted by Gasteiger charge is 2.26. The first kappa shape index (κ1) is 19.7. The quantitative estimate of drug-likeness (QED) is 0.891. The highest BCUT2D eigenvalue weighted by molar-refractivity contribution is 7.09. The number of carbonyl (C=O) groups is 1. The predicted molar refractivity (Wildman–Crippen MR) is 95.4 cm³/mol. The molecular formula is C15H25Cl2N3OS. The second-order valence-corrected chi connectivity index (χ2v) is 6.87. The first-order valence-electron chi connectivity index (χ1n) is 7.71. The van der Waals surface area contributed by atoms with Crippen molar-refractivity contribution in [2.45, 2.75) is 38.0 Å². The molecule has 1 amide bonds. The van der Waals surface area contributed by atoms with Gasteiger partial charge in [-0.3, -0.25) is 4.79 Å². The van der Waals surface area contributed by atoms with Crippen LogP contribution in [0.25, 0.3) is 0 Å². The Kier molecular flexibility index (Phi) is 8.69. The Hall–Kier alpha value is -0.360. The SMILES string of the molecule is Cl.Cl.O=C(CCC1CCNC1)N1CCCC(c2nccs2)C1. The summed E-state index contributed by atoms with van der Waals surface area (Å²) >= 11 is 1.72. The normalized spacial score (nSPS) is 24.5. The molecule has 126 valence electrons. The van der Waals surface area contributed by atoms with E-state index < -0.39 is 0 Å². The molecule has 0 spiro atoms. The number of hydrogen-bond donors (Lipinski definition) is 1. The Morgan fingerprint density at radius 3 is 2.95 bits per heavy atom. The van der Waals surface area contributed by atoms with Gasteiger partial charge in [0, 0.05) is 37.0 Å². The number of nitrogens with zero attached hydrogens (tertiary/aromatic N) is 2. The van der Waals surface area contributed by atoms with E-state index >= 15 is 0 Å². The minimum atomic E-state index is 0. The average Bonchev–Trinajstić information content (AvgIpc) is 3.18.